The van der Waals surface area contributed by atoms with Gasteiger partial charge in [0.25, 0.3) is 0 Å². The van der Waals surface area contributed by atoms with Crippen molar-refractivity contribution >= 4 is 5.91 Å². The summed E-state index contributed by atoms with van der Waals surface area (Å²) < 4.78 is 0. The van der Waals surface area contributed by atoms with Gasteiger partial charge in [-0.3, -0.25) is 4.79 Å². The lowest BCUT2D eigenvalue weighted by atomic mass is 9.49. The highest BCUT2D eigenvalue weighted by Crippen LogP contribution is 2.61. The van der Waals surface area contributed by atoms with Gasteiger partial charge in [0.1, 0.15) is 0 Å². The number of rotatable bonds is 4. The van der Waals surface area contributed by atoms with E-state index in [0.717, 1.165) is 24.3 Å². The molecular weight excluding hydrogens is 210 g/mol. The van der Waals surface area contributed by atoms with Crippen molar-refractivity contribution in [2.45, 2.75) is 58.3 Å². The molecule has 4 aliphatic rings. The summed E-state index contributed by atoms with van der Waals surface area (Å²) in [6.07, 6.45) is 10.8. The monoisotopic (exact) mass is 235 g/mol. The zero-order valence-corrected chi connectivity index (χ0v) is 11.0. The van der Waals surface area contributed by atoms with Crippen LogP contribution in [0.5, 0.6) is 0 Å². The molecule has 2 heteroatoms. The number of carbonyl (C=O) groups is 1. The number of amides is 1. The van der Waals surface area contributed by atoms with Gasteiger partial charge < -0.3 is 5.32 Å². The Labute approximate surface area is 105 Å². The minimum absolute atomic E-state index is 0.217. The fourth-order valence-corrected chi connectivity index (χ4v) is 5.19. The summed E-state index contributed by atoms with van der Waals surface area (Å²) in [6.45, 7) is 2.85. The predicted octanol–water partition coefficient (Wildman–Crippen LogP) is 3.12. The summed E-state index contributed by atoms with van der Waals surface area (Å²) in [4.78, 5) is 11.3. The second-order valence-corrected chi connectivity index (χ2v) is 6.87. The van der Waals surface area contributed by atoms with Crippen LogP contribution < -0.4 is 5.32 Å². The first kappa shape index (κ1) is 11.6. The summed E-state index contributed by atoms with van der Waals surface area (Å²) >= 11 is 0. The van der Waals surface area contributed by atoms with Crippen molar-refractivity contribution < 1.29 is 4.79 Å². The van der Waals surface area contributed by atoms with E-state index in [9.17, 15) is 4.79 Å². The van der Waals surface area contributed by atoms with Gasteiger partial charge in [-0.05, 0) is 68.1 Å². The lowest BCUT2D eigenvalue weighted by molar-refractivity contribution is -0.121. The second-order valence-electron chi connectivity index (χ2n) is 6.87. The Morgan fingerprint density at radius 3 is 2.12 bits per heavy atom. The number of hydrogen-bond donors (Lipinski definition) is 1. The van der Waals surface area contributed by atoms with Gasteiger partial charge in [-0.15, -0.1) is 0 Å². The lowest BCUT2D eigenvalue weighted by Crippen LogP contribution is -2.47. The van der Waals surface area contributed by atoms with Gasteiger partial charge in [-0.2, -0.15) is 0 Å². The van der Waals surface area contributed by atoms with E-state index >= 15 is 0 Å². The van der Waals surface area contributed by atoms with Crippen LogP contribution in [0.4, 0.5) is 0 Å². The number of nitrogens with one attached hydrogen (secondary N) is 1. The maximum Gasteiger partial charge on any atom is 0.219 e. The van der Waals surface area contributed by atoms with E-state index in [1.54, 1.807) is 0 Å². The van der Waals surface area contributed by atoms with Gasteiger partial charge in [-0.25, -0.2) is 0 Å². The van der Waals surface area contributed by atoms with Gasteiger partial charge in [0.15, 0.2) is 0 Å². The molecule has 4 saturated carbocycles. The van der Waals surface area contributed by atoms with Crippen LogP contribution >= 0.6 is 0 Å². The van der Waals surface area contributed by atoms with Gasteiger partial charge >= 0.3 is 0 Å². The third-order valence-electron chi connectivity index (χ3n) is 5.46. The smallest absolute Gasteiger partial charge is 0.219 e. The van der Waals surface area contributed by atoms with Crippen LogP contribution in [0.25, 0.3) is 0 Å². The van der Waals surface area contributed by atoms with Crippen LogP contribution in [0.3, 0.4) is 0 Å². The fraction of sp³-hybridized carbons (Fsp3) is 0.933. The van der Waals surface area contributed by atoms with Crippen LogP contribution in [-0.2, 0) is 4.79 Å². The zero-order valence-electron chi connectivity index (χ0n) is 11.0. The summed E-state index contributed by atoms with van der Waals surface area (Å²) in [5, 5.41) is 3.07. The lowest BCUT2D eigenvalue weighted by Gasteiger charge is -2.57. The molecule has 4 rings (SSSR count). The number of hydrogen-bond acceptors (Lipinski definition) is 1. The van der Waals surface area contributed by atoms with Crippen molar-refractivity contribution in [1.29, 1.82) is 0 Å². The van der Waals surface area contributed by atoms with Crippen molar-refractivity contribution in [3.63, 3.8) is 0 Å². The quantitative estimate of drug-likeness (QED) is 0.797. The van der Waals surface area contributed by atoms with Gasteiger partial charge in [0.2, 0.25) is 5.91 Å². The Hall–Kier alpha value is -0.530. The van der Waals surface area contributed by atoms with E-state index in [-0.39, 0.29) is 5.91 Å². The van der Waals surface area contributed by atoms with Crippen LogP contribution in [0.15, 0.2) is 0 Å². The summed E-state index contributed by atoms with van der Waals surface area (Å²) in [7, 11) is 0. The molecule has 17 heavy (non-hydrogen) atoms. The van der Waals surface area contributed by atoms with Gasteiger partial charge in [0, 0.05) is 13.0 Å². The maximum absolute atomic E-state index is 11.3. The third-order valence-corrected chi connectivity index (χ3v) is 5.46. The molecule has 0 saturated heterocycles. The molecular formula is C15H25NO. The minimum atomic E-state index is 0.217. The summed E-state index contributed by atoms with van der Waals surface area (Å²) in [5.41, 5.74) is 0.621. The van der Waals surface area contributed by atoms with Crippen molar-refractivity contribution in [2.24, 2.45) is 23.2 Å². The highest BCUT2D eigenvalue weighted by Gasteiger charge is 2.50. The Morgan fingerprint density at radius 1 is 1.12 bits per heavy atom. The van der Waals surface area contributed by atoms with Crippen molar-refractivity contribution in [2.75, 3.05) is 6.54 Å². The molecule has 0 spiro atoms. The first-order valence-electron chi connectivity index (χ1n) is 7.46. The van der Waals surface area contributed by atoms with E-state index in [2.05, 4.69) is 5.32 Å². The average Bonchev–Trinajstić information content (AvgIpc) is 2.26. The SMILES string of the molecule is CCC(=O)NCCC12CC3CC(CC(C3)C1)C2. The Bertz CT molecular complexity index is 275. The molecule has 4 fully saturated rings. The average molecular weight is 235 g/mol. The normalized spacial score (nSPS) is 42.8. The standard InChI is InChI=1S/C15H25NO/c1-2-14(17)16-4-3-15-8-11-5-12(9-15)7-13(6-11)10-15/h11-13H,2-10H2,1H3,(H,16,17). The highest BCUT2D eigenvalue weighted by molar-refractivity contribution is 5.75. The van der Waals surface area contributed by atoms with Crippen LogP contribution in [-0.4, -0.2) is 12.5 Å². The van der Waals surface area contributed by atoms with Gasteiger partial charge in [-0.1, -0.05) is 6.92 Å². The van der Waals surface area contributed by atoms with Crippen LogP contribution in [0.2, 0.25) is 0 Å². The minimum Gasteiger partial charge on any atom is -0.356 e. The molecule has 0 aliphatic heterocycles. The predicted molar refractivity (Wildman–Crippen MR) is 68.5 cm³/mol. The topological polar surface area (TPSA) is 29.1 Å². The molecule has 4 aliphatic carbocycles. The first-order chi connectivity index (χ1) is 8.19. The van der Waals surface area contributed by atoms with Crippen molar-refractivity contribution in [3.05, 3.63) is 0 Å². The molecule has 1 amide bonds. The molecule has 0 aromatic carbocycles. The number of carbonyl (C=O) groups excluding carboxylic acids is 1. The van der Waals surface area contributed by atoms with E-state index in [1.807, 2.05) is 6.92 Å². The maximum atomic E-state index is 11.3. The van der Waals surface area contributed by atoms with E-state index < -0.39 is 0 Å². The second kappa shape index (κ2) is 4.29. The highest BCUT2D eigenvalue weighted by atomic mass is 16.1. The summed E-state index contributed by atoms with van der Waals surface area (Å²) in [5.74, 6) is 3.31. The molecule has 0 atom stereocenters. The molecule has 4 bridgehead atoms. The van der Waals surface area contributed by atoms with E-state index in [4.69, 9.17) is 0 Å². The van der Waals surface area contributed by atoms with Crippen LogP contribution in [0.1, 0.15) is 58.3 Å². The molecule has 96 valence electrons. The Balaban J connectivity index is 1.57. The molecule has 0 radical (unpaired) electrons. The Kier molecular flexibility index (Phi) is 2.92. The molecule has 0 aromatic heterocycles. The van der Waals surface area contributed by atoms with Gasteiger partial charge in [0.05, 0.1) is 0 Å². The molecule has 0 unspecified atom stereocenters. The zero-order chi connectivity index (χ0) is 11.9. The largest absolute Gasteiger partial charge is 0.356 e. The summed E-state index contributed by atoms with van der Waals surface area (Å²) in [6, 6.07) is 0. The van der Waals surface area contributed by atoms with Crippen molar-refractivity contribution in [3.8, 4) is 0 Å². The first-order valence-corrected chi connectivity index (χ1v) is 7.46. The van der Waals surface area contributed by atoms with E-state index in [1.165, 1.54) is 44.9 Å². The third kappa shape index (κ3) is 2.23. The van der Waals surface area contributed by atoms with Crippen LogP contribution in [0, 0.1) is 23.2 Å². The fourth-order valence-electron chi connectivity index (χ4n) is 5.19. The molecule has 2 nitrogen and oxygen atoms in total. The van der Waals surface area contributed by atoms with Crippen molar-refractivity contribution in [1.82, 2.24) is 5.32 Å². The molecule has 0 aromatic rings. The molecule has 0 heterocycles. The molecule has 1 N–H and O–H groups in total. The Morgan fingerprint density at radius 2 is 1.65 bits per heavy atom. The van der Waals surface area contributed by atoms with E-state index in [0.29, 0.717) is 11.8 Å².